The molecule has 2 N–H and O–H groups in total. The summed E-state index contributed by atoms with van der Waals surface area (Å²) in [7, 11) is -2.39. The van der Waals surface area contributed by atoms with Crippen LogP contribution in [0.2, 0.25) is 0 Å². The highest BCUT2D eigenvalue weighted by Crippen LogP contribution is 2.24. The van der Waals surface area contributed by atoms with Crippen molar-refractivity contribution in [2.75, 3.05) is 13.7 Å². The van der Waals surface area contributed by atoms with E-state index >= 15 is 0 Å². The summed E-state index contributed by atoms with van der Waals surface area (Å²) in [5, 5.41) is 8.45. The van der Waals surface area contributed by atoms with E-state index in [-0.39, 0.29) is 0 Å². The average molecular weight is 251 g/mol. The largest absolute Gasteiger partial charge is 0.468 e. The van der Waals surface area contributed by atoms with E-state index < -0.39 is 33.9 Å². The van der Waals surface area contributed by atoms with Crippen LogP contribution in [0, 0.1) is 0 Å². The van der Waals surface area contributed by atoms with Crippen molar-refractivity contribution >= 4 is 16.0 Å². The van der Waals surface area contributed by atoms with Crippen LogP contribution in [0.5, 0.6) is 0 Å². The molecule has 94 valence electrons. The van der Waals surface area contributed by atoms with E-state index in [2.05, 4.69) is 9.46 Å². The number of rotatable bonds is 5. The molecule has 0 radical (unpaired) electrons. The van der Waals surface area contributed by atoms with Crippen molar-refractivity contribution in [1.29, 1.82) is 0 Å². The molecule has 16 heavy (non-hydrogen) atoms. The number of aliphatic hydroxyl groups excluding tert-OH is 1. The van der Waals surface area contributed by atoms with Gasteiger partial charge in [0.15, 0.2) is 0 Å². The van der Waals surface area contributed by atoms with E-state index in [1.807, 2.05) is 0 Å². The molecule has 1 saturated carbocycles. The number of nitrogens with one attached hydrogen (secondary N) is 1. The van der Waals surface area contributed by atoms with Gasteiger partial charge in [-0.2, -0.15) is 4.72 Å². The summed E-state index contributed by atoms with van der Waals surface area (Å²) in [6.45, 7) is -0.599. The molecule has 0 aromatic rings. The summed E-state index contributed by atoms with van der Waals surface area (Å²) in [5.74, 6) is -0.774. The van der Waals surface area contributed by atoms with Crippen LogP contribution in [0.15, 0.2) is 0 Å². The standard InChI is InChI=1S/C9H17NO5S/c1-15-9(12)8(6-11)10-16(13,14)7-4-2-3-5-7/h7-8,10-11H,2-6H2,1H3. The highest BCUT2D eigenvalue weighted by atomic mass is 32.2. The van der Waals surface area contributed by atoms with E-state index in [0.717, 1.165) is 20.0 Å². The van der Waals surface area contributed by atoms with Crippen LogP contribution in [-0.4, -0.2) is 44.5 Å². The first-order chi connectivity index (χ1) is 7.51. The van der Waals surface area contributed by atoms with E-state index in [1.165, 1.54) is 0 Å². The fourth-order valence-electron chi connectivity index (χ4n) is 1.80. The third-order valence-electron chi connectivity index (χ3n) is 2.72. The molecular formula is C9H17NO5S. The number of hydrogen-bond donors (Lipinski definition) is 2. The van der Waals surface area contributed by atoms with Gasteiger partial charge in [-0.1, -0.05) is 12.8 Å². The van der Waals surface area contributed by atoms with Crippen LogP contribution in [-0.2, 0) is 19.6 Å². The first-order valence-corrected chi connectivity index (χ1v) is 6.75. The molecular weight excluding hydrogens is 234 g/mol. The fraction of sp³-hybridized carbons (Fsp3) is 0.889. The number of hydrogen-bond acceptors (Lipinski definition) is 5. The van der Waals surface area contributed by atoms with Crippen molar-refractivity contribution in [2.24, 2.45) is 0 Å². The zero-order valence-electron chi connectivity index (χ0n) is 9.18. The molecule has 0 saturated heterocycles. The first-order valence-electron chi connectivity index (χ1n) is 5.21. The van der Waals surface area contributed by atoms with E-state index in [0.29, 0.717) is 12.8 Å². The molecule has 6 nitrogen and oxygen atoms in total. The number of carbonyl (C=O) groups excluding carboxylic acids is 1. The number of esters is 1. The third-order valence-corrected chi connectivity index (χ3v) is 4.68. The summed E-state index contributed by atoms with van der Waals surface area (Å²) in [6, 6.07) is -1.20. The number of carbonyl (C=O) groups is 1. The number of methoxy groups -OCH3 is 1. The lowest BCUT2D eigenvalue weighted by Crippen LogP contribution is -2.47. The first kappa shape index (κ1) is 13.4. The SMILES string of the molecule is COC(=O)C(CO)NS(=O)(=O)C1CCCC1. The van der Waals surface area contributed by atoms with E-state index in [1.54, 1.807) is 0 Å². The maximum Gasteiger partial charge on any atom is 0.326 e. The molecule has 0 heterocycles. The minimum absolute atomic E-state index is 0.453. The second kappa shape index (κ2) is 5.60. The molecule has 7 heteroatoms. The molecule has 1 rings (SSSR count). The molecule has 1 unspecified atom stereocenters. The van der Waals surface area contributed by atoms with Crippen LogP contribution < -0.4 is 4.72 Å². The Balaban J connectivity index is 2.66. The highest BCUT2D eigenvalue weighted by molar-refractivity contribution is 7.90. The normalized spacial score (nSPS) is 19.6. The van der Waals surface area contributed by atoms with Gasteiger partial charge in [-0.05, 0) is 12.8 Å². The van der Waals surface area contributed by atoms with Crippen molar-refractivity contribution in [3.63, 3.8) is 0 Å². The maximum atomic E-state index is 11.8. The van der Waals surface area contributed by atoms with Crippen molar-refractivity contribution in [3.05, 3.63) is 0 Å². The monoisotopic (exact) mass is 251 g/mol. The van der Waals surface area contributed by atoms with Gasteiger partial charge in [-0.15, -0.1) is 0 Å². The molecule has 1 aliphatic carbocycles. The molecule has 1 fully saturated rings. The Morgan fingerprint density at radius 3 is 2.50 bits per heavy atom. The summed E-state index contributed by atoms with van der Waals surface area (Å²) >= 11 is 0. The van der Waals surface area contributed by atoms with Gasteiger partial charge in [0.25, 0.3) is 0 Å². The maximum absolute atomic E-state index is 11.8. The minimum atomic E-state index is -3.54. The molecule has 0 aromatic carbocycles. The Morgan fingerprint density at radius 2 is 2.06 bits per heavy atom. The van der Waals surface area contributed by atoms with Gasteiger partial charge in [0, 0.05) is 0 Å². The van der Waals surface area contributed by atoms with Crippen LogP contribution in [0.25, 0.3) is 0 Å². The number of ether oxygens (including phenoxy) is 1. The molecule has 0 spiro atoms. The van der Waals surface area contributed by atoms with Crippen molar-refractivity contribution < 1.29 is 23.1 Å². The van der Waals surface area contributed by atoms with E-state index in [9.17, 15) is 13.2 Å². The lowest BCUT2D eigenvalue weighted by molar-refractivity contribution is -0.143. The van der Waals surface area contributed by atoms with Crippen molar-refractivity contribution in [2.45, 2.75) is 37.0 Å². The lowest BCUT2D eigenvalue weighted by Gasteiger charge is -2.17. The molecule has 1 aliphatic rings. The van der Waals surface area contributed by atoms with Gasteiger partial charge < -0.3 is 9.84 Å². The Kier molecular flexibility index (Phi) is 4.69. The molecule has 1 atom stereocenters. The zero-order chi connectivity index (χ0) is 12.2. The van der Waals surface area contributed by atoms with Crippen LogP contribution >= 0.6 is 0 Å². The topological polar surface area (TPSA) is 92.7 Å². The molecule has 0 aliphatic heterocycles. The van der Waals surface area contributed by atoms with E-state index in [4.69, 9.17) is 5.11 Å². The molecule has 0 bridgehead atoms. The summed E-state index contributed by atoms with van der Waals surface area (Å²) in [6.07, 6.45) is 2.98. The Morgan fingerprint density at radius 1 is 1.50 bits per heavy atom. The van der Waals surface area contributed by atoms with Crippen LogP contribution in [0.3, 0.4) is 0 Å². The minimum Gasteiger partial charge on any atom is -0.468 e. The van der Waals surface area contributed by atoms with Gasteiger partial charge >= 0.3 is 5.97 Å². The summed E-state index contributed by atoms with van der Waals surface area (Å²) in [5.41, 5.74) is 0. The predicted molar refractivity (Wildman–Crippen MR) is 57.2 cm³/mol. The molecule has 0 amide bonds. The van der Waals surface area contributed by atoms with Gasteiger partial charge in [-0.25, -0.2) is 8.42 Å². The second-order valence-corrected chi connectivity index (χ2v) is 5.82. The number of aliphatic hydroxyl groups is 1. The lowest BCUT2D eigenvalue weighted by atomic mass is 10.3. The smallest absolute Gasteiger partial charge is 0.326 e. The zero-order valence-corrected chi connectivity index (χ0v) is 10.00. The second-order valence-electron chi connectivity index (χ2n) is 3.83. The van der Waals surface area contributed by atoms with Gasteiger partial charge in [-0.3, -0.25) is 4.79 Å². The van der Waals surface area contributed by atoms with Crippen LogP contribution in [0.4, 0.5) is 0 Å². The van der Waals surface area contributed by atoms with Crippen molar-refractivity contribution in [3.8, 4) is 0 Å². The molecule has 0 aromatic heterocycles. The number of sulfonamides is 1. The van der Waals surface area contributed by atoms with Crippen LogP contribution in [0.1, 0.15) is 25.7 Å². The third kappa shape index (κ3) is 3.16. The Labute approximate surface area is 95.0 Å². The van der Waals surface area contributed by atoms with Crippen molar-refractivity contribution in [1.82, 2.24) is 4.72 Å². The van der Waals surface area contributed by atoms with Gasteiger partial charge in [0.1, 0.15) is 6.04 Å². The fourth-order valence-corrected chi connectivity index (χ4v) is 3.51. The van der Waals surface area contributed by atoms with Gasteiger partial charge in [0.05, 0.1) is 19.0 Å². The van der Waals surface area contributed by atoms with Gasteiger partial charge in [0.2, 0.25) is 10.0 Å². The highest BCUT2D eigenvalue weighted by Gasteiger charge is 2.32. The summed E-state index contributed by atoms with van der Waals surface area (Å²) in [4.78, 5) is 11.1. The Hall–Kier alpha value is -0.660. The average Bonchev–Trinajstić information content (AvgIpc) is 2.78. The predicted octanol–water partition coefficient (Wildman–Crippen LogP) is -0.618. The summed E-state index contributed by atoms with van der Waals surface area (Å²) < 4.78 is 30.2. The Bertz CT molecular complexity index is 334. The quantitative estimate of drug-likeness (QED) is 0.635.